The van der Waals surface area contributed by atoms with Gasteiger partial charge in [-0.2, -0.15) is 5.10 Å². The number of carbonyl (C=O) groups excluding carboxylic acids is 1. The Morgan fingerprint density at radius 3 is 2.40 bits per heavy atom. The van der Waals surface area contributed by atoms with Crippen LogP contribution in [0.3, 0.4) is 0 Å². The summed E-state index contributed by atoms with van der Waals surface area (Å²) < 4.78 is 5.32. The van der Waals surface area contributed by atoms with Crippen LogP contribution in [0.25, 0.3) is 5.57 Å². The van der Waals surface area contributed by atoms with Crippen LogP contribution in [-0.2, 0) is 9.53 Å². The Hall–Kier alpha value is -1.84. The van der Waals surface area contributed by atoms with Gasteiger partial charge >= 0.3 is 5.97 Å². The standard InChI is InChI=1S/C16H24N2O2/c1-10(2)16(13(5)20-14(6)19)12(4)9-11(3)15-7-8-17-18-15/h7-10,13H,1-6H3,(H,17,18)/b11-9+,16-12-. The van der Waals surface area contributed by atoms with Crippen molar-refractivity contribution in [1.29, 1.82) is 0 Å². The molecule has 1 heterocycles. The highest BCUT2D eigenvalue weighted by atomic mass is 16.5. The smallest absolute Gasteiger partial charge is 0.303 e. The lowest BCUT2D eigenvalue weighted by molar-refractivity contribution is -0.144. The molecule has 4 heteroatoms. The van der Waals surface area contributed by atoms with Crippen LogP contribution in [0.15, 0.2) is 29.5 Å². The number of nitrogens with zero attached hydrogens (tertiary/aromatic N) is 1. The van der Waals surface area contributed by atoms with E-state index in [0.29, 0.717) is 5.92 Å². The van der Waals surface area contributed by atoms with E-state index in [-0.39, 0.29) is 12.1 Å². The first-order valence-electron chi connectivity index (χ1n) is 6.88. The van der Waals surface area contributed by atoms with Crippen LogP contribution in [-0.4, -0.2) is 22.3 Å². The Morgan fingerprint density at radius 2 is 1.95 bits per heavy atom. The van der Waals surface area contributed by atoms with Gasteiger partial charge in [0.15, 0.2) is 0 Å². The van der Waals surface area contributed by atoms with Crippen molar-refractivity contribution in [2.45, 2.75) is 47.6 Å². The largest absolute Gasteiger partial charge is 0.458 e. The number of aromatic amines is 1. The zero-order chi connectivity index (χ0) is 15.3. The van der Waals surface area contributed by atoms with E-state index in [2.05, 4.69) is 37.0 Å². The second-order valence-electron chi connectivity index (χ2n) is 5.34. The van der Waals surface area contributed by atoms with Crippen LogP contribution >= 0.6 is 0 Å². The Morgan fingerprint density at radius 1 is 1.30 bits per heavy atom. The van der Waals surface area contributed by atoms with E-state index in [9.17, 15) is 4.79 Å². The minimum Gasteiger partial charge on any atom is -0.458 e. The SMILES string of the molecule is CC(=O)OC(C)/C(=C(C)\C=C(/C)c1ccn[nH]1)C(C)C. The number of ether oxygens (including phenoxy) is 1. The number of rotatable bonds is 5. The van der Waals surface area contributed by atoms with E-state index in [1.165, 1.54) is 6.92 Å². The quantitative estimate of drug-likeness (QED) is 0.658. The Bertz CT molecular complexity index is 511. The molecule has 0 fully saturated rings. The van der Waals surface area contributed by atoms with Crippen LogP contribution in [0.2, 0.25) is 0 Å². The van der Waals surface area contributed by atoms with Crippen molar-refractivity contribution >= 4 is 11.5 Å². The number of H-pyrrole nitrogens is 1. The molecule has 1 aromatic heterocycles. The number of hydrogen-bond acceptors (Lipinski definition) is 3. The Kier molecular flexibility index (Phi) is 5.74. The molecule has 0 saturated carbocycles. The van der Waals surface area contributed by atoms with Gasteiger partial charge in [-0.1, -0.05) is 19.9 Å². The van der Waals surface area contributed by atoms with Gasteiger partial charge in [-0.25, -0.2) is 0 Å². The summed E-state index contributed by atoms with van der Waals surface area (Å²) in [6.45, 7) is 11.7. The third kappa shape index (κ3) is 4.37. The maximum atomic E-state index is 11.1. The molecule has 0 bridgehead atoms. The highest BCUT2D eigenvalue weighted by Crippen LogP contribution is 2.24. The summed E-state index contributed by atoms with van der Waals surface area (Å²) in [7, 11) is 0. The minimum absolute atomic E-state index is 0.210. The van der Waals surface area contributed by atoms with E-state index in [1.54, 1.807) is 6.20 Å². The predicted molar refractivity (Wildman–Crippen MR) is 81.0 cm³/mol. The van der Waals surface area contributed by atoms with E-state index >= 15 is 0 Å². The molecule has 110 valence electrons. The van der Waals surface area contributed by atoms with Crippen molar-refractivity contribution in [2.24, 2.45) is 5.92 Å². The molecule has 1 unspecified atom stereocenters. The lowest BCUT2D eigenvalue weighted by Gasteiger charge is -2.21. The molecule has 0 aliphatic carbocycles. The maximum absolute atomic E-state index is 11.1. The van der Waals surface area contributed by atoms with Gasteiger partial charge in [-0.15, -0.1) is 0 Å². The normalized spacial score (nSPS) is 15.1. The van der Waals surface area contributed by atoms with Crippen molar-refractivity contribution < 1.29 is 9.53 Å². The third-order valence-electron chi connectivity index (χ3n) is 3.22. The summed E-state index contributed by atoms with van der Waals surface area (Å²) in [5.41, 5.74) is 4.36. The average molecular weight is 276 g/mol. The maximum Gasteiger partial charge on any atom is 0.303 e. The number of hydrogen-bond donors (Lipinski definition) is 1. The zero-order valence-electron chi connectivity index (χ0n) is 13.2. The molecule has 20 heavy (non-hydrogen) atoms. The molecule has 1 aromatic rings. The molecule has 1 rings (SSSR count). The Labute approximate surface area is 120 Å². The molecule has 0 saturated heterocycles. The lowest BCUT2D eigenvalue weighted by atomic mass is 9.92. The number of nitrogens with one attached hydrogen (secondary N) is 1. The van der Waals surface area contributed by atoms with Crippen molar-refractivity contribution in [3.8, 4) is 0 Å². The van der Waals surface area contributed by atoms with Gasteiger partial charge in [0.2, 0.25) is 0 Å². The molecular formula is C16H24N2O2. The van der Waals surface area contributed by atoms with Gasteiger partial charge in [0.25, 0.3) is 0 Å². The van der Waals surface area contributed by atoms with E-state index in [4.69, 9.17) is 4.74 Å². The molecule has 0 aromatic carbocycles. The molecule has 0 radical (unpaired) electrons. The van der Waals surface area contributed by atoms with Crippen molar-refractivity contribution in [1.82, 2.24) is 10.2 Å². The summed E-state index contributed by atoms with van der Waals surface area (Å²) in [4.78, 5) is 11.1. The first-order chi connectivity index (χ1) is 9.32. The van der Waals surface area contributed by atoms with E-state index in [1.807, 2.05) is 19.9 Å². The van der Waals surface area contributed by atoms with Gasteiger partial charge in [0.05, 0.1) is 5.69 Å². The van der Waals surface area contributed by atoms with E-state index in [0.717, 1.165) is 22.4 Å². The second-order valence-corrected chi connectivity index (χ2v) is 5.34. The van der Waals surface area contributed by atoms with Crippen molar-refractivity contribution in [2.75, 3.05) is 0 Å². The number of carbonyl (C=O) groups is 1. The molecule has 0 aliphatic heterocycles. The monoisotopic (exact) mass is 276 g/mol. The second kappa shape index (κ2) is 7.08. The van der Waals surface area contributed by atoms with Gasteiger partial charge in [0.1, 0.15) is 6.10 Å². The van der Waals surface area contributed by atoms with Crippen LogP contribution in [0.4, 0.5) is 0 Å². The third-order valence-corrected chi connectivity index (χ3v) is 3.22. The summed E-state index contributed by atoms with van der Waals surface area (Å²) in [6, 6.07) is 1.93. The van der Waals surface area contributed by atoms with Gasteiger partial charge in [-0.05, 0) is 49.5 Å². The van der Waals surface area contributed by atoms with Gasteiger partial charge < -0.3 is 4.74 Å². The summed E-state index contributed by atoms with van der Waals surface area (Å²) in [6.07, 6.45) is 3.62. The van der Waals surface area contributed by atoms with Crippen molar-refractivity contribution in [3.05, 3.63) is 35.2 Å². The first kappa shape index (κ1) is 16.2. The van der Waals surface area contributed by atoms with Gasteiger partial charge in [-0.3, -0.25) is 9.89 Å². The highest BCUT2D eigenvalue weighted by Gasteiger charge is 2.17. The predicted octanol–water partition coefficient (Wildman–Crippen LogP) is 3.74. The molecule has 1 N–H and O–H groups in total. The highest BCUT2D eigenvalue weighted by molar-refractivity contribution is 5.67. The molecule has 4 nitrogen and oxygen atoms in total. The fourth-order valence-corrected chi connectivity index (χ4v) is 2.52. The lowest BCUT2D eigenvalue weighted by Crippen LogP contribution is -2.19. The summed E-state index contributed by atoms with van der Waals surface area (Å²) >= 11 is 0. The molecule has 0 aliphatic rings. The van der Waals surface area contributed by atoms with Gasteiger partial charge in [0, 0.05) is 13.1 Å². The minimum atomic E-state index is -0.252. The molecule has 1 atom stereocenters. The van der Waals surface area contributed by atoms with Crippen LogP contribution in [0, 0.1) is 5.92 Å². The van der Waals surface area contributed by atoms with Crippen LogP contribution in [0.5, 0.6) is 0 Å². The molecule has 0 amide bonds. The zero-order valence-corrected chi connectivity index (χ0v) is 13.2. The topological polar surface area (TPSA) is 55.0 Å². The average Bonchev–Trinajstić information content (AvgIpc) is 2.79. The fraction of sp³-hybridized carbons (Fsp3) is 0.500. The summed E-state index contributed by atoms with van der Waals surface area (Å²) in [5, 5.41) is 6.90. The van der Waals surface area contributed by atoms with Crippen molar-refractivity contribution in [3.63, 3.8) is 0 Å². The first-order valence-corrected chi connectivity index (χ1v) is 6.88. The number of allylic oxidation sites excluding steroid dienone is 3. The number of aromatic nitrogens is 2. The molecule has 0 spiro atoms. The van der Waals surface area contributed by atoms with E-state index < -0.39 is 0 Å². The van der Waals surface area contributed by atoms with Crippen LogP contribution < -0.4 is 0 Å². The molecular weight excluding hydrogens is 252 g/mol. The Balaban J connectivity index is 3.09. The number of esters is 1. The summed E-state index contributed by atoms with van der Waals surface area (Å²) in [5.74, 6) is 0.0629. The van der Waals surface area contributed by atoms with Crippen LogP contribution in [0.1, 0.15) is 47.2 Å². The fourth-order valence-electron chi connectivity index (χ4n) is 2.52.